The van der Waals surface area contributed by atoms with E-state index in [2.05, 4.69) is 31.0 Å². The molecule has 1 amide bonds. The number of methoxy groups -OCH3 is 1. The molecular formula is C27H43NO3. The van der Waals surface area contributed by atoms with Gasteiger partial charge in [0.15, 0.2) is 11.5 Å². The molecule has 1 aromatic carbocycles. The molecule has 0 atom stereocenters. The Hall–Kier alpha value is -2.23. The van der Waals surface area contributed by atoms with Crippen LogP contribution in [0.5, 0.6) is 11.5 Å². The van der Waals surface area contributed by atoms with Crippen LogP contribution in [0.4, 0.5) is 4.79 Å². The lowest BCUT2D eigenvalue weighted by Gasteiger charge is -2.11. The van der Waals surface area contributed by atoms with Crippen molar-refractivity contribution in [3.05, 3.63) is 48.6 Å². The summed E-state index contributed by atoms with van der Waals surface area (Å²) in [5.74, 6) is 0.989. The van der Waals surface area contributed by atoms with Crippen LogP contribution in [-0.4, -0.2) is 19.7 Å². The Bertz CT molecular complexity index is 639. The Morgan fingerprint density at radius 2 is 1.58 bits per heavy atom. The Kier molecular flexibility index (Phi) is 16.0. The number of benzene rings is 1. The van der Waals surface area contributed by atoms with E-state index >= 15 is 0 Å². The highest BCUT2D eigenvalue weighted by Crippen LogP contribution is 2.28. The van der Waals surface area contributed by atoms with Crippen LogP contribution in [0, 0.1) is 0 Å². The molecule has 0 aliphatic carbocycles. The highest BCUT2D eigenvalue weighted by Gasteiger charge is 2.10. The van der Waals surface area contributed by atoms with Crippen molar-refractivity contribution in [1.29, 1.82) is 0 Å². The predicted molar refractivity (Wildman–Crippen MR) is 131 cm³/mol. The number of hydrogen-bond donors (Lipinski definition) is 1. The van der Waals surface area contributed by atoms with Crippen molar-refractivity contribution in [2.75, 3.05) is 13.7 Å². The lowest BCUT2D eigenvalue weighted by molar-refractivity contribution is 0.198. The van der Waals surface area contributed by atoms with Crippen LogP contribution >= 0.6 is 0 Å². The van der Waals surface area contributed by atoms with Crippen LogP contribution in [0.25, 0.3) is 0 Å². The van der Waals surface area contributed by atoms with Crippen LogP contribution in [-0.2, 0) is 6.42 Å². The Labute approximate surface area is 190 Å². The van der Waals surface area contributed by atoms with Gasteiger partial charge in [-0.3, -0.25) is 0 Å². The molecule has 0 aromatic heterocycles. The molecule has 4 heteroatoms. The number of rotatable bonds is 18. The molecule has 0 heterocycles. The van der Waals surface area contributed by atoms with Gasteiger partial charge in [-0.1, -0.05) is 76.2 Å². The van der Waals surface area contributed by atoms with Crippen LogP contribution in [0.3, 0.4) is 0 Å². The number of carbonyl (C=O) groups excluding carboxylic acids is 1. The van der Waals surface area contributed by atoms with Crippen molar-refractivity contribution in [3.63, 3.8) is 0 Å². The first-order chi connectivity index (χ1) is 15.2. The zero-order valence-corrected chi connectivity index (χ0v) is 19.8. The maximum absolute atomic E-state index is 12.0. The van der Waals surface area contributed by atoms with Gasteiger partial charge in [-0.25, -0.2) is 4.79 Å². The first-order valence-corrected chi connectivity index (χ1v) is 12.1. The average Bonchev–Trinajstić information content (AvgIpc) is 2.77. The number of hydrogen-bond acceptors (Lipinski definition) is 3. The smallest absolute Gasteiger partial charge is 0.412 e. The standard InChI is InChI=1S/C27H43NO3/c1-4-6-7-8-9-10-11-12-13-14-15-16-17-18-22-28-27(29)31-25-21-20-24(19-5-2)23-26(25)30-3/h5,10-11,20-21,23H,2,4,6-9,12-19,22H2,1,3H3,(H,28,29)/b11-10-. The molecule has 0 spiro atoms. The molecule has 1 N–H and O–H groups in total. The van der Waals surface area contributed by atoms with Crippen molar-refractivity contribution in [2.45, 2.75) is 90.4 Å². The van der Waals surface area contributed by atoms with Gasteiger partial charge in [0.1, 0.15) is 0 Å². The number of unbranched alkanes of at least 4 members (excludes halogenated alkanes) is 10. The number of carbonyl (C=O) groups is 1. The minimum atomic E-state index is -0.434. The summed E-state index contributed by atoms with van der Waals surface area (Å²) < 4.78 is 10.7. The third-order valence-corrected chi connectivity index (χ3v) is 5.27. The quantitative estimate of drug-likeness (QED) is 0.191. The van der Waals surface area contributed by atoms with Gasteiger partial charge in [0, 0.05) is 6.54 Å². The van der Waals surface area contributed by atoms with Gasteiger partial charge in [0.25, 0.3) is 0 Å². The van der Waals surface area contributed by atoms with E-state index in [-0.39, 0.29) is 0 Å². The van der Waals surface area contributed by atoms with E-state index in [4.69, 9.17) is 9.47 Å². The zero-order valence-electron chi connectivity index (χ0n) is 19.8. The van der Waals surface area contributed by atoms with Gasteiger partial charge in [-0.05, 0) is 56.2 Å². The Morgan fingerprint density at radius 3 is 2.23 bits per heavy atom. The molecule has 0 bridgehead atoms. The molecule has 0 unspecified atom stereocenters. The van der Waals surface area contributed by atoms with Crippen LogP contribution < -0.4 is 14.8 Å². The monoisotopic (exact) mass is 429 g/mol. The van der Waals surface area contributed by atoms with E-state index in [0.29, 0.717) is 18.0 Å². The fourth-order valence-electron chi connectivity index (χ4n) is 3.44. The molecule has 31 heavy (non-hydrogen) atoms. The molecule has 4 nitrogen and oxygen atoms in total. The van der Waals surface area contributed by atoms with Crippen molar-refractivity contribution < 1.29 is 14.3 Å². The number of nitrogens with one attached hydrogen (secondary N) is 1. The van der Waals surface area contributed by atoms with Crippen LogP contribution in [0.2, 0.25) is 0 Å². The van der Waals surface area contributed by atoms with Crippen molar-refractivity contribution in [1.82, 2.24) is 5.32 Å². The summed E-state index contributed by atoms with van der Waals surface area (Å²) >= 11 is 0. The summed E-state index contributed by atoms with van der Waals surface area (Å²) in [5, 5.41) is 2.82. The van der Waals surface area contributed by atoms with Gasteiger partial charge in [0.2, 0.25) is 0 Å². The van der Waals surface area contributed by atoms with Crippen LogP contribution in [0.1, 0.15) is 89.5 Å². The predicted octanol–water partition coefficient (Wildman–Crippen LogP) is 7.77. The highest BCUT2D eigenvalue weighted by atomic mass is 16.6. The van der Waals surface area contributed by atoms with Gasteiger partial charge in [-0.2, -0.15) is 0 Å². The summed E-state index contributed by atoms with van der Waals surface area (Å²) in [7, 11) is 1.57. The molecule has 0 fully saturated rings. The van der Waals surface area contributed by atoms with E-state index in [1.54, 1.807) is 13.2 Å². The van der Waals surface area contributed by atoms with E-state index in [9.17, 15) is 4.79 Å². The highest BCUT2D eigenvalue weighted by molar-refractivity contribution is 5.71. The topological polar surface area (TPSA) is 47.6 Å². The fourth-order valence-corrected chi connectivity index (χ4v) is 3.44. The van der Waals surface area contributed by atoms with E-state index in [1.165, 1.54) is 64.2 Å². The average molecular weight is 430 g/mol. The first kappa shape index (κ1) is 26.8. The first-order valence-electron chi connectivity index (χ1n) is 12.1. The molecule has 0 aliphatic rings. The van der Waals surface area contributed by atoms with Crippen LogP contribution in [0.15, 0.2) is 43.0 Å². The van der Waals surface area contributed by atoms with E-state index < -0.39 is 6.09 Å². The van der Waals surface area contributed by atoms with Gasteiger partial charge in [0.05, 0.1) is 7.11 Å². The summed E-state index contributed by atoms with van der Waals surface area (Å²) in [5.41, 5.74) is 1.07. The fraction of sp³-hybridized carbons (Fsp3) is 0.593. The molecule has 0 radical (unpaired) electrons. The zero-order chi connectivity index (χ0) is 22.6. The molecular weight excluding hydrogens is 386 g/mol. The normalized spacial score (nSPS) is 10.9. The lowest BCUT2D eigenvalue weighted by atomic mass is 10.1. The SMILES string of the molecule is C=CCc1ccc(OC(=O)NCCCCCCCC/C=C\CCCCCC)c(OC)c1. The summed E-state index contributed by atoms with van der Waals surface area (Å²) in [6, 6.07) is 5.54. The number of amides is 1. The molecule has 0 aliphatic heterocycles. The van der Waals surface area contributed by atoms with E-state index in [1.807, 2.05) is 18.2 Å². The minimum absolute atomic E-state index is 0.433. The second-order valence-electron chi connectivity index (χ2n) is 8.03. The number of allylic oxidation sites excluding steroid dienone is 3. The minimum Gasteiger partial charge on any atom is -0.493 e. The number of ether oxygens (including phenoxy) is 2. The molecule has 0 saturated carbocycles. The second kappa shape index (κ2) is 18.5. The third-order valence-electron chi connectivity index (χ3n) is 5.27. The second-order valence-corrected chi connectivity index (χ2v) is 8.03. The molecule has 174 valence electrons. The molecule has 1 aromatic rings. The van der Waals surface area contributed by atoms with Crippen molar-refractivity contribution in [3.8, 4) is 11.5 Å². The van der Waals surface area contributed by atoms with Gasteiger partial charge < -0.3 is 14.8 Å². The van der Waals surface area contributed by atoms with Crippen molar-refractivity contribution in [2.24, 2.45) is 0 Å². The largest absolute Gasteiger partial charge is 0.493 e. The maximum Gasteiger partial charge on any atom is 0.412 e. The summed E-state index contributed by atoms with van der Waals surface area (Å²) in [6.45, 7) is 6.62. The third kappa shape index (κ3) is 13.6. The maximum atomic E-state index is 12.0. The Balaban J connectivity index is 2.03. The molecule has 0 saturated heterocycles. The van der Waals surface area contributed by atoms with Gasteiger partial charge >= 0.3 is 6.09 Å². The Morgan fingerprint density at radius 1 is 0.935 bits per heavy atom. The lowest BCUT2D eigenvalue weighted by Crippen LogP contribution is -2.27. The molecule has 1 rings (SSSR count). The summed E-state index contributed by atoms with van der Waals surface area (Å²) in [6.07, 6.45) is 21.8. The summed E-state index contributed by atoms with van der Waals surface area (Å²) in [4.78, 5) is 12.0. The van der Waals surface area contributed by atoms with Crippen molar-refractivity contribution >= 4 is 6.09 Å². The van der Waals surface area contributed by atoms with Gasteiger partial charge in [-0.15, -0.1) is 6.58 Å². The van der Waals surface area contributed by atoms with E-state index in [0.717, 1.165) is 24.8 Å².